The molecule has 14 heavy (non-hydrogen) atoms. The third-order valence-corrected chi connectivity index (χ3v) is 3.87. The van der Waals surface area contributed by atoms with E-state index >= 15 is 0 Å². The Balaban J connectivity index is 2.27. The van der Waals surface area contributed by atoms with Crippen LogP contribution in [0.25, 0.3) is 0 Å². The van der Waals surface area contributed by atoms with Crippen LogP contribution in [0.3, 0.4) is 0 Å². The van der Waals surface area contributed by atoms with Gasteiger partial charge in [-0.25, -0.2) is 8.42 Å². The predicted molar refractivity (Wildman–Crippen MR) is 56.5 cm³/mol. The highest BCUT2D eigenvalue weighted by Gasteiger charge is 2.34. The van der Waals surface area contributed by atoms with Gasteiger partial charge in [-0.2, -0.15) is 4.31 Å². The minimum atomic E-state index is -2.97. The van der Waals surface area contributed by atoms with Gasteiger partial charge in [0.25, 0.3) is 0 Å². The molecule has 1 aliphatic rings. The molecule has 1 fully saturated rings. The molecule has 5 nitrogen and oxygen atoms in total. The van der Waals surface area contributed by atoms with Crippen molar-refractivity contribution in [2.24, 2.45) is 5.73 Å². The lowest BCUT2D eigenvalue weighted by atomic mass is 10.1. The lowest BCUT2D eigenvalue weighted by Gasteiger charge is -2.42. The van der Waals surface area contributed by atoms with Crippen molar-refractivity contribution in [2.45, 2.75) is 12.5 Å². The first-order valence-electron chi connectivity index (χ1n) is 4.80. The molecule has 0 aromatic rings. The van der Waals surface area contributed by atoms with Crippen LogP contribution in [0.15, 0.2) is 0 Å². The second kappa shape index (κ2) is 4.57. The molecular weight excluding hydrogens is 202 g/mol. The Bertz CT molecular complexity index is 272. The molecule has 1 heterocycles. The van der Waals surface area contributed by atoms with Gasteiger partial charge in [0, 0.05) is 19.1 Å². The third-order valence-electron chi connectivity index (χ3n) is 2.64. The van der Waals surface area contributed by atoms with Gasteiger partial charge in [-0.15, -0.1) is 0 Å². The highest BCUT2D eigenvalue weighted by molar-refractivity contribution is 7.88. The van der Waals surface area contributed by atoms with Crippen LogP contribution >= 0.6 is 0 Å². The maximum absolute atomic E-state index is 11.1. The minimum absolute atomic E-state index is 0.372. The van der Waals surface area contributed by atoms with Crippen LogP contribution in [0.5, 0.6) is 0 Å². The number of hydrogen-bond donors (Lipinski definition) is 1. The van der Waals surface area contributed by atoms with Crippen molar-refractivity contribution in [1.82, 2.24) is 9.21 Å². The first-order valence-corrected chi connectivity index (χ1v) is 6.65. The van der Waals surface area contributed by atoms with Crippen LogP contribution in [0, 0.1) is 0 Å². The van der Waals surface area contributed by atoms with E-state index in [-0.39, 0.29) is 0 Å². The topological polar surface area (TPSA) is 66.6 Å². The van der Waals surface area contributed by atoms with Crippen LogP contribution in [0.4, 0.5) is 0 Å². The van der Waals surface area contributed by atoms with Gasteiger partial charge in [0.2, 0.25) is 10.0 Å². The zero-order valence-corrected chi connectivity index (χ0v) is 9.63. The van der Waals surface area contributed by atoms with E-state index in [1.165, 1.54) is 10.6 Å². The number of sulfonamides is 1. The quantitative estimate of drug-likeness (QED) is 0.641. The maximum Gasteiger partial charge on any atom is 0.211 e. The molecule has 0 aliphatic carbocycles. The fourth-order valence-electron chi connectivity index (χ4n) is 1.49. The lowest BCUT2D eigenvalue weighted by Crippen LogP contribution is -2.59. The molecule has 0 atom stereocenters. The number of nitrogens with two attached hydrogens (primary N) is 1. The summed E-state index contributed by atoms with van der Waals surface area (Å²) in [6.45, 7) is 2.88. The molecule has 6 heteroatoms. The SMILES string of the molecule is CN(CCCN)C1CN(S(C)(=O)=O)C1. The summed E-state index contributed by atoms with van der Waals surface area (Å²) in [5, 5.41) is 0. The Kier molecular flexibility index (Phi) is 3.88. The van der Waals surface area contributed by atoms with Crippen LogP contribution in [0.2, 0.25) is 0 Å². The average molecular weight is 221 g/mol. The molecule has 0 unspecified atom stereocenters. The summed E-state index contributed by atoms with van der Waals surface area (Å²) in [7, 11) is -0.957. The smallest absolute Gasteiger partial charge is 0.211 e. The van der Waals surface area contributed by atoms with E-state index in [0.717, 1.165) is 13.0 Å². The Morgan fingerprint density at radius 2 is 2.07 bits per heavy atom. The van der Waals surface area contributed by atoms with E-state index in [4.69, 9.17) is 5.73 Å². The fraction of sp³-hybridized carbons (Fsp3) is 1.00. The molecule has 0 bridgehead atoms. The zero-order valence-electron chi connectivity index (χ0n) is 8.81. The van der Waals surface area contributed by atoms with Crippen molar-refractivity contribution in [1.29, 1.82) is 0 Å². The molecule has 1 saturated heterocycles. The van der Waals surface area contributed by atoms with Gasteiger partial charge in [-0.1, -0.05) is 0 Å². The molecule has 0 amide bonds. The second-order valence-corrected chi connectivity index (χ2v) is 5.84. The summed E-state index contributed by atoms with van der Waals surface area (Å²) in [4.78, 5) is 2.18. The molecule has 0 saturated carbocycles. The van der Waals surface area contributed by atoms with E-state index in [0.29, 0.717) is 25.7 Å². The van der Waals surface area contributed by atoms with Crippen molar-refractivity contribution in [3.8, 4) is 0 Å². The minimum Gasteiger partial charge on any atom is -0.330 e. The van der Waals surface area contributed by atoms with Crippen molar-refractivity contribution >= 4 is 10.0 Å². The van der Waals surface area contributed by atoms with E-state index < -0.39 is 10.0 Å². The van der Waals surface area contributed by atoms with Gasteiger partial charge in [0.05, 0.1) is 6.26 Å². The molecule has 1 aliphatic heterocycles. The summed E-state index contributed by atoms with van der Waals surface area (Å²) in [5.74, 6) is 0. The van der Waals surface area contributed by atoms with Gasteiger partial charge in [0.1, 0.15) is 0 Å². The summed E-state index contributed by atoms with van der Waals surface area (Å²) in [6.07, 6.45) is 2.22. The Hall–Kier alpha value is -0.170. The third kappa shape index (κ3) is 2.91. The highest BCUT2D eigenvalue weighted by Crippen LogP contribution is 2.16. The second-order valence-electron chi connectivity index (χ2n) is 3.86. The van der Waals surface area contributed by atoms with Gasteiger partial charge >= 0.3 is 0 Å². The van der Waals surface area contributed by atoms with Crippen LogP contribution < -0.4 is 5.73 Å². The molecule has 0 radical (unpaired) electrons. The molecule has 84 valence electrons. The van der Waals surface area contributed by atoms with Crippen molar-refractivity contribution in [3.63, 3.8) is 0 Å². The van der Waals surface area contributed by atoms with Gasteiger partial charge in [0.15, 0.2) is 0 Å². The number of likely N-dealkylation sites (N-methyl/N-ethyl adjacent to an activating group) is 1. The Morgan fingerprint density at radius 3 is 2.50 bits per heavy atom. The van der Waals surface area contributed by atoms with Crippen molar-refractivity contribution < 1.29 is 8.42 Å². The van der Waals surface area contributed by atoms with E-state index in [9.17, 15) is 8.42 Å². The van der Waals surface area contributed by atoms with Crippen molar-refractivity contribution in [3.05, 3.63) is 0 Å². The molecule has 0 aromatic carbocycles. The highest BCUT2D eigenvalue weighted by atomic mass is 32.2. The molecule has 0 spiro atoms. The first kappa shape index (κ1) is 11.9. The van der Waals surface area contributed by atoms with E-state index in [1.54, 1.807) is 0 Å². The monoisotopic (exact) mass is 221 g/mol. The normalized spacial score (nSPS) is 20.0. The largest absolute Gasteiger partial charge is 0.330 e. The number of nitrogens with zero attached hydrogens (tertiary/aromatic N) is 2. The molecular formula is C8H19N3O2S. The van der Waals surface area contributed by atoms with Gasteiger partial charge in [-0.3, -0.25) is 0 Å². The van der Waals surface area contributed by atoms with E-state index in [2.05, 4.69) is 4.90 Å². The van der Waals surface area contributed by atoms with Crippen LogP contribution in [0.1, 0.15) is 6.42 Å². The number of rotatable bonds is 5. The fourth-order valence-corrected chi connectivity index (χ4v) is 2.38. The van der Waals surface area contributed by atoms with Crippen molar-refractivity contribution in [2.75, 3.05) is 39.5 Å². The lowest BCUT2D eigenvalue weighted by molar-refractivity contribution is 0.111. The number of hydrogen-bond acceptors (Lipinski definition) is 4. The maximum atomic E-state index is 11.1. The van der Waals surface area contributed by atoms with Gasteiger partial charge < -0.3 is 10.6 Å². The summed E-state index contributed by atoms with van der Waals surface area (Å²) in [6, 6.07) is 0.372. The Labute approximate surface area is 85.9 Å². The molecule has 2 N–H and O–H groups in total. The van der Waals surface area contributed by atoms with Crippen LogP contribution in [-0.2, 0) is 10.0 Å². The molecule has 1 rings (SSSR count). The first-order chi connectivity index (χ1) is 6.45. The van der Waals surface area contributed by atoms with E-state index in [1.807, 2.05) is 7.05 Å². The predicted octanol–water partition coefficient (Wildman–Crippen LogP) is -1.09. The zero-order chi connectivity index (χ0) is 10.8. The standard InChI is InChI=1S/C8H19N3O2S/c1-10(5-3-4-9)8-6-11(7-8)14(2,12)13/h8H,3-7,9H2,1-2H3. The average Bonchev–Trinajstić information content (AvgIpc) is 1.94. The summed E-state index contributed by atoms with van der Waals surface area (Å²) < 4.78 is 23.7. The summed E-state index contributed by atoms with van der Waals surface area (Å²) >= 11 is 0. The van der Waals surface area contributed by atoms with Gasteiger partial charge in [-0.05, 0) is 26.6 Å². The Morgan fingerprint density at radius 1 is 1.50 bits per heavy atom. The van der Waals surface area contributed by atoms with Crippen LogP contribution in [-0.4, -0.2) is 63.1 Å². The molecule has 0 aromatic heterocycles. The summed E-state index contributed by atoms with van der Waals surface area (Å²) in [5.41, 5.74) is 5.40.